The number of sulfonamides is 1. The summed E-state index contributed by atoms with van der Waals surface area (Å²) in [6.45, 7) is 3.19. The highest BCUT2D eigenvalue weighted by atomic mass is 32.2. The number of nitrogens with one attached hydrogen (secondary N) is 1. The summed E-state index contributed by atoms with van der Waals surface area (Å²) in [5.41, 5.74) is 0.955. The largest absolute Gasteiger partial charge is 0.492 e. The van der Waals surface area contributed by atoms with Crippen LogP contribution in [-0.4, -0.2) is 38.3 Å². The third-order valence-electron chi connectivity index (χ3n) is 4.76. The van der Waals surface area contributed by atoms with Gasteiger partial charge in [-0.15, -0.1) is 0 Å². The fourth-order valence-electron chi connectivity index (χ4n) is 3.28. The zero-order chi connectivity index (χ0) is 20.9. The van der Waals surface area contributed by atoms with Crippen LogP contribution < -0.4 is 10.1 Å². The molecule has 1 amide bonds. The van der Waals surface area contributed by atoms with Crippen molar-refractivity contribution in [3.8, 4) is 5.75 Å². The Morgan fingerprint density at radius 2 is 1.79 bits per heavy atom. The Labute approximate surface area is 170 Å². The van der Waals surface area contributed by atoms with Crippen LogP contribution in [0.3, 0.4) is 0 Å². The highest BCUT2D eigenvalue weighted by Gasteiger charge is 2.27. The maximum atomic E-state index is 13.0. The molecule has 0 aromatic heterocycles. The normalized spacial score (nSPS) is 15.1. The van der Waals surface area contributed by atoms with E-state index in [-0.39, 0.29) is 23.0 Å². The van der Waals surface area contributed by atoms with Gasteiger partial charge in [0.1, 0.15) is 11.6 Å². The number of amides is 1. The molecule has 0 radical (unpaired) electrons. The number of hydrogen-bond donors (Lipinski definition) is 1. The van der Waals surface area contributed by atoms with Crippen LogP contribution >= 0.6 is 0 Å². The molecule has 0 saturated carbocycles. The van der Waals surface area contributed by atoms with Crippen LogP contribution in [0.4, 0.5) is 10.1 Å². The van der Waals surface area contributed by atoms with Crippen molar-refractivity contribution in [1.82, 2.24) is 4.31 Å². The minimum Gasteiger partial charge on any atom is -0.492 e. The molecule has 0 spiro atoms. The van der Waals surface area contributed by atoms with Gasteiger partial charge in [-0.05, 0) is 55.7 Å². The van der Waals surface area contributed by atoms with Gasteiger partial charge in [0.05, 0.1) is 23.6 Å². The van der Waals surface area contributed by atoms with Crippen molar-refractivity contribution < 1.29 is 22.3 Å². The number of ether oxygens (including phenoxy) is 1. The van der Waals surface area contributed by atoms with E-state index in [2.05, 4.69) is 5.32 Å². The Bertz CT molecular complexity index is 955. The molecule has 0 bridgehead atoms. The molecule has 8 heteroatoms. The standard InChI is InChI=1S/C21H25FN2O4S/c1-2-28-20-11-10-18(29(26,27)24-12-4-3-5-13-24)15-19(20)23-21(25)14-16-6-8-17(22)9-7-16/h6-11,15H,2-5,12-14H2,1H3,(H,23,25). The highest BCUT2D eigenvalue weighted by Crippen LogP contribution is 2.30. The van der Waals surface area contributed by atoms with Gasteiger partial charge in [-0.3, -0.25) is 4.79 Å². The Morgan fingerprint density at radius 3 is 2.45 bits per heavy atom. The van der Waals surface area contributed by atoms with Gasteiger partial charge in [0.25, 0.3) is 0 Å². The summed E-state index contributed by atoms with van der Waals surface area (Å²) in [6.07, 6.45) is 2.75. The number of anilines is 1. The molecular weight excluding hydrogens is 395 g/mol. The second-order valence-corrected chi connectivity index (χ2v) is 8.85. The zero-order valence-electron chi connectivity index (χ0n) is 16.4. The molecule has 1 saturated heterocycles. The second kappa shape index (κ2) is 9.37. The van der Waals surface area contributed by atoms with Crippen molar-refractivity contribution >= 4 is 21.6 Å². The summed E-state index contributed by atoms with van der Waals surface area (Å²) in [7, 11) is -3.63. The third kappa shape index (κ3) is 5.33. The minimum absolute atomic E-state index is 0.0367. The first-order valence-corrected chi connectivity index (χ1v) is 11.2. The van der Waals surface area contributed by atoms with Crippen LogP contribution in [0.2, 0.25) is 0 Å². The van der Waals surface area contributed by atoms with Crippen molar-refractivity contribution in [3.63, 3.8) is 0 Å². The number of nitrogens with zero attached hydrogens (tertiary/aromatic N) is 1. The quantitative estimate of drug-likeness (QED) is 0.743. The predicted octanol–water partition coefficient (Wildman–Crippen LogP) is 3.58. The van der Waals surface area contributed by atoms with Crippen molar-refractivity contribution in [2.24, 2.45) is 0 Å². The van der Waals surface area contributed by atoms with Crippen LogP contribution in [0, 0.1) is 5.82 Å². The number of halogens is 1. The Morgan fingerprint density at radius 1 is 1.10 bits per heavy atom. The van der Waals surface area contributed by atoms with Gasteiger partial charge in [-0.1, -0.05) is 18.6 Å². The molecule has 1 N–H and O–H groups in total. The lowest BCUT2D eigenvalue weighted by molar-refractivity contribution is -0.115. The van der Waals surface area contributed by atoms with Gasteiger partial charge in [-0.2, -0.15) is 4.31 Å². The number of hydrogen-bond acceptors (Lipinski definition) is 4. The molecule has 0 atom stereocenters. The zero-order valence-corrected chi connectivity index (χ0v) is 17.2. The topological polar surface area (TPSA) is 75.7 Å². The number of piperidine rings is 1. The van der Waals surface area contributed by atoms with Gasteiger partial charge >= 0.3 is 0 Å². The monoisotopic (exact) mass is 420 g/mol. The smallest absolute Gasteiger partial charge is 0.243 e. The maximum Gasteiger partial charge on any atom is 0.243 e. The van der Waals surface area contributed by atoms with Crippen molar-refractivity contribution in [1.29, 1.82) is 0 Å². The maximum absolute atomic E-state index is 13.0. The molecule has 1 fully saturated rings. The van der Waals surface area contributed by atoms with E-state index in [9.17, 15) is 17.6 Å². The molecule has 0 unspecified atom stereocenters. The lowest BCUT2D eigenvalue weighted by atomic mass is 10.1. The van der Waals surface area contributed by atoms with E-state index >= 15 is 0 Å². The summed E-state index contributed by atoms with van der Waals surface area (Å²) in [5.74, 6) is -0.314. The van der Waals surface area contributed by atoms with E-state index in [0.29, 0.717) is 36.7 Å². The van der Waals surface area contributed by atoms with E-state index < -0.39 is 10.0 Å². The summed E-state index contributed by atoms with van der Waals surface area (Å²) >= 11 is 0. The number of rotatable bonds is 7. The van der Waals surface area contributed by atoms with E-state index in [4.69, 9.17) is 4.74 Å². The molecule has 1 aliphatic rings. The first-order chi connectivity index (χ1) is 13.9. The first-order valence-electron chi connectivity index (χ1n) is 9.71. The fourth-order valence-corrected chi connectivity index (χ4v) is 4.83. The van der Waals surface area contributed by atoms with Gasteiger partial charge in [-0.25, -0.2) is 12.8 Å². The van der Waals surface area contributed by atoms with Crippen LogP contribution in [0.25, 0.3) is 0 Å². The Kier molecular flexibility index (Phi) is 6.87. The van der Waals surface area contributed by atoms with Crippen molar-refractivity contribution in [3.05, 3.63) is 53.8 Å². The molecular formula is C21H25FN2O4S. The van der Waals surface area contributed by atoms with Crippen LogP contribution in [-0.2, 0) is 21.2 Å². The van der Waals surface area contributed by atoms with E-state index in [1.165, 1.54) is 40.7 Å². The Balaban J connectivity index is 1.82. The predicted molar refractivity (Wildman–Crippen MR) is 109 cm³/mol. The average Bonchev–Trinajstić information content (AvgIpc) is 2.72. The van der Waals surface area contributed by atoms with Crippen molar-refractivity contribution in [2.45, 2.75) is 37.5 Å². The fraction of sp³-hybridized carbons (Fsp3) is 0.381. The van der Waals surface area contributed by atoms with Gasteiger partial charge < -0.3 is 10.1 Å². The number of carbonyl (C=O) groups excluding carboxylic acids is 1. The summed E-state index contributed by atoms with van der Waals surface area (Å²) in [6, 6.07) is 10.2. The summed E-state index contributed by atoms with van der Waals surface area (Å²) in [4.78, 5) is 12.6. The molecule has 2 aromatic carbocycles. The molecule has 29 heavy (non-hydrogen) atoms. The lowest BCUT2D eigenvalue weighted by Crippen LogP contribution is -2.35. The molecule has 0 aliphatic carbocycles. The molecule has 6 nitrogen and oxygen atoms in total. The van der Waals surface area contributed by atoms with Gasteiger partial charge in [0.15, 0.2) is 0 Å². The SMILES string of the molecule is CCOc1ccc(S(=O)(=O)N2CCCCC2)cc1NC(=O)Cc1ccc(F)cc1. The summed E-state index contributed by atoms with van der Waals surface area (Å²) < 4.78 is 46.0. The third-order valence-corrected chi connectivity index (χ3v) is 6.65. The van der Waals surface area contributed by atoms with Crippen molar-refractivity contribution in [2.75, 3.05) is 25.0 Å². The van der Waals surface area contributed by atoms with Crippen LogP contribution in [0.5, 0.6) is 5.75 Å². The first kappa shape index (κ1) is 21.3. The highest BCUT2D eigenvalue weighted by molar-refractivity contribution is 7.89. The lowest BCUT2D eigenvalue weighted by Gasteiger charge is -2.26. The number of benzene rings is 2. The van der Waals surface area contributed by atoms with Crippen LogP contribution in [0.15, 0.2) is 47.4 Å². The molecule has 156 valence electrons. The van der Waals surface area contributed by atoms with Gasteiger partial charge in [0.2, 0.25) is 15.9 Å². The molecule has 1 aliphatic heterocycles. The van der Waals surface area contributed by atoms with Crippen LogP contribution in [0.1, 0.15) is 31.7 Å². The molecule has 2 aromatic rings. The molecule has 1 heterocycles. The second-order valence-electron chi connectivity index (χ2n) is 6.91. The van der Waals surface area contributed by atoms with E-state index in [1.807, 2.05) is 6.92 Å². The van der Waals surface area contributed by atoms with E-state index in [1.54, 1.807) is 6.07 Å². The molecule has 3 rings (SSSR count). The average molecular weight is 421 g/mol. The van der Waals surface area contributed by atoms with E-state index in [0.717, 1.165) is 19.3 Å². The summed E-state index contributed by atoms with van der Waals surface area (Å²) in [5, 5.41) is 2.73. The minimum atomic E-state index is -3.63. The number of carbonyl (C=O) groups is 1. The van der Waals surface area contributed by atoms with Gasteiger partial charge in [0, 0.05) is 13.1 Å². The Hall–Kier alpha value is -2.45.